The van der Waals surface area contributed by atoms with E-state index in [1.807, 2.05) is 11.8 Å². The van der Waals surface area contributed by atoms with E-state index in [-0.39, 0.29) is 12.4 Å². The third kappa shape index (κ3) is 2.36. The Morgan fingerprint density at radius 1 is 1.39 bits per heavy atom. The molecule has 2 heterocycles. The van der Waals surface area contributed by atoms with Gasteiger partial charge in [-0.25, -0.2) is 0 Å². The first-order chi connectivity index (χ1) is 8.29. The monoisotopic (exact) mass is 285 g/mol. The summed E-state index contributed by atoms with van der Waals surface area (Å²) in [5.41, 5.74) is 2.88. The minimum Gasteiger partial charge on any atom is -0.497 e. The number of ether oxygens (including phenoxy) is 1. The highest BCUT2D eigenvalue weighted by molar-refractivity contribution is 7.99. The molecule has 0 aromatic heterocycles. The summed E-state index contributed by atoms with van der Waals surface area (Å²) >= 11 is 2.04. The second kappa shape index (κ2) is 5.72. The van der Waals surface area contributed by atoms with Crippen LogP contribution in [-0.4, -0.2) is 26.0 Å². The van der Waals surface area contributed by atoms with Crippen molar-refractivity contribution in [2.45, 2.75) is 24.2 Å². The van der Waals surface area contributed by atoms with Crippen molar-refractivity contribution in [3.8, 4) is 5.75 Å². The summed E-state index contributed by atoms with van der Waals surface area (Å²) in [6.45, 7) is 4.51. The number of halogens is 1. The molecule has 0 radical (unpaired) electrons. The van der Waals surface area contributed by atoms with Crippen molar-refractivity contribution in [3.05, 3.63) is 23.3 Å². The summed E-state index contributed by atoms with van der Waals surface area (Å²) in [5, 5.41) is 3.53. The van der Waals surface area contributed by atoms with Crippen LogP contribution in [0.25, 0.3) is 0 Å². The molecule has 0 unspecified atom stereocenters. The first-order valence-electron chi connectivity index (χ1n) is 6.31. The van der Waals surface area contributed by atoms with Gasteiger partial charge in [0, 0.05) is 23.1 Å². The number of rotatable bonds is 1. The van der Waals surface area contributed by atoms with Crippen LogP contribution in [0.5, 0.6) is 5.75 Å². The molecule has 1 saturated heterocycles. The lowest BCUT2D eigenvalue weighted by atomic mass is 9.81. The number of benzene rings is 1. The summed E-state index contributed by atoms with van der Waals surface area (Å²) in [6, 6.07) is 4.40. The summed E-state index contributed by atoms with van der Waals surface area (Å²) < 4.78 is 5.41. The van der Waals surface area contributed by atoms with Gasteiger partial charge >= 0.3 is 0 Å². The van der Waals surface area contributed by atoms with Crippen LogP contribution in [-0.2, 0) is 0 Å². The Labute approximate surface area is 119 Å². The first-order valence-corrected chi connectivity index (χ1v) is 7.30. The van der Waals surface area contributed by atoms with Crippen molar-refractivity contribution in [2.75, 3.05) is 26.0 Å². The smallest absolute Gasteiger partial charge is 0.119 e. The highest BCUT2D eigenvalue weighted by Gasteiger charge is 2.33. The Bertz CT molecular complexity index is 438. The molecule has 0 saturated carbocycles. The first kappa shape index (κ1) is 14.0. The van der Waals surface area contributed by atoms with Gasteiger partial charge in [-0.2, -0.15) is 0 Å². The second-order valence-electron chi connectivity index (χ2n) is 5.03. The molecule has 2 atom stereocenters. The number of aryl methyl sites for hydroxylation is 1. The Morgan fingerprint density at radius 2 is 2.22 bits per heavy atom. The van der Waals surface area contributed by atoms with Crippen molar-refractivity contribution in [1.82, 2.24) is 5.32 Å². The van der Waals surface area contributed by atoms with E-state index in [0.29, 0.717) is 5.92 Å². The van der Waals surface area contributed by atoms with Gasteiger partial charge in [0.1, 0.15) is 5.75 Å². The molecule has 1 aromatic rings. The fourth-order valence-corrected chi connectivity index (χ4v) is 4.47. The lowest BCUT2D eigenvalue weighted by Crippen LogP contribution is -2.38. The van der Waals surface area contributed by atoms with E-state index >= 15 is 0 Å². The molecular formula is C14H20ClNOS. The molecule has 1 fully saturated rings. The number of fused-ring (bicyclic) bond motifs is 3. The van der Waals surface area contributed by atoms with Crippen molar-refractivity contribution in [1.29, 1.82) is 0 Å². The van der Waals surface area contributed by atoms with E-state index in [0.717, 1.165) is 18.2 Å². The van der Waals surface area contributed by atoms with Gasteiger partial charge in [-0.3, -0.25) is 0 Å². The van der Waals surface area contributed by atoms with Crippen LogP contribution >= 0.6 is 24.2 Å². The number of hydrogen-bond donors (Lipinski definition) is 1. The van der Waals surface area contributed by atoms with Crippen LogP contribution in [0, 0.1) is 12.8 Å². The highest BCUT2D eigenvalue weighted by Crippen LogP contribution is 2.46. The van der Waals surface area contributed by atoms with E-state index in [4.69, 9.17) is 4.74 Å². The van der Waals surface area contributed by atoms with Crippen molar-refractivity contribution in [3.63, 3.8) is 0 Å². The van der Waals surface area contributed by atoms with Gasteiger partial charge < -0.3 is 10.1 Å². The minimum atomic E-state index is 0. The molecule has 0 amide bonds. The zero-order valence-corrected chi connectivity index (χ0v) is 12.5. The predicted octanol–water partition coefficient (Wildman–Crippen LogP) is 3.22. The van der Waals surface area contributed by atoms with Gasteiger partial charge in [0.25, 0.3) is 0 Å². The summed E-state index contributed by atoms with van der Waals surface area (Å²) in [6.07, 6.45) is 1.31. The van der Waals surface area contributed by atoms with Crippen molar-refractivity contribution in [2.24, 2.45) is 5.92 Å². The Balaban J connectivity index is 0.00000120. The number of thioether (sulfide) groups is 1. The lowest BCUT2D eigenvalue weighted by molar-refractivity contribution is 0.343. The Kier molecular flexibility index (Phi) is 4.46. The van der Waals surface area contributed by atoms with Crippen molar-refractivity contribution < 1.29 is 4.74 Å². The Morgan fingerprint density at radius 3 is 3.00 bits per heavy atom. The van der Waals surface area contributed by atoms with Crippen LogP contribution in [0.2, 0.25) is 0 Å². The van der Waals surface area contributed by atoms with Gasteiger partial charge in [-0.15, -0.1) is 24.2 Å². The van der Waals surface area contributed by atoms with E-state index < -0.39 is 0 Å². The second-order valence-corrected chi connectivity index (χ2v) is 6.06. The summed E-state index contributed by atoms with van der Waals surface area (Å²) in [5.74, 6) is 3.83. The maximum atomic E-state index is 5.41. The molecule has 100 valence electrons. The van der Waals surface area contributed by atoms with Crippen LogP contribution in [0.15, 0.2) is 17.0 Å². The maximum absolute atomic E-state index is 5.41. The number of nitrogens with one attached hydrogen (secondary N) is 1. The average molecular weight is 286 g/mol. The van der Waals surface area contributed by atoms with Crippen LogP contribution in [0.4, 0.5) is 0 Å². The quantitative estimate of drug-likeness (QED) is 0.856. The van der Waals surface area contributed by atoms with Gasteiger partial charge in [-0.1, -0.05) is 0 Å². The van der Waals surface area contributed by atoms with Crippen LogP contribution < -0.4 is 10.1 Å². The zero-order valence-electron chi connectivity index (χ0n) is 10.9. The fraction of sp³-hybridized carbons (Fsp3) is 0.571. The fourth-order valence-electron chi connectivity index (χ4n) is 3.02. The van der Waals surface area contributed by atoms with E-state index in [2.05, 4.69) is 24.4 Å². The maximum Gasteiger partial charge on any atom is 0.119 e. The number of hydrogen-bond acceptors (Lipinski definition) is 3. The average Bonchev–Trinajstić information content (AvgIpc) is 2.38. The molecule has 18 heavy (non-hydrogen) atoms. The van der Waals surface area contributed by atoms with Crippen LogP contribution in [0.3, 0.4) is 0 Å². The minimum absolute atomic E-state index is 0. The van der Waals surface area contributed by atoms with Gasteiger partial charge in [0.15, 0.2) is 0 Å². The number of piperidine rings is 1. The van der Waals surface area contributed by atoms with Gasteiger partial charge in [-0.05, 0) is 49.1 Å². The van der Waals surface area contributed by atoms with Gasteiger partial charge in [0.2, 0.25) is 0 Å². The largest absolute Gasteiger partial charge is 0.497 e. The SMILES string of the molecule is COc1cc(C)c2c(c1)[C@H]1CNCC[C@H]1CS2.Cl. The highest BCUT2D eigenvalue weighted by atomic mass is 35.5. The van der Waals surface area contributed by atoms with Gasteiger partial charge in [0.05, 0.1) is 7.11 Å². The molecular weight excluding hydrogens is 266 g/mol. The third-order valence-corrected chi connectivity index (χ3v) is 5.42. The topological polar surface area (TPSA) is 21.3 Å². The van der Waals surface area contributed by atoms with E-state index in [1.165, 1.54) is 34.7 Å². The lowest BCUT2D eigenvalue weighted by Gasteiger charge is -2.37. The molecule has 0 spiro atoms. The molecule has 2 aliphatic rings. The molecule has 1 aromatic carbocycles. The Hall–Kier alpha value is -0.380. The molecule has 1 N–H and O–H groups in total. The van der Waals surface area contributed by atoms with E-state index in [1.54, 1.807) is 7.11 Å². The summed E-state index contributed by atoms with van der Waals surface area (Å²) in [7, 11) is 1.76. The third-order valence-electron chi connectivity index (χ3n) is 3.98. The van der Waals surface area contributed by atoms with Crippen molar-refractivity contribution >= 4 is 24.2 Å². The molecule has 3 rings (SSSR count). The van der Waals surface area contributed by atoms with Crippen LogP contribution in [0.1, 0.15) is 23.5 Å². The normalized spacial score (nSPS) is 25.7. The zero-order chi connectivity index (χ0) is 11.8. The molecule has 0 aliphatic carbocycles. The molecule has 2 aliphatic heterocycles. The standard InChI is InChI=1S/C14H19NOS.ClH/c1-9-5-11(16-2)6-12-13-7-15-4-3-10(13)8-17-14(9)12;/h5-6,10,13,15H,3-4,7-8H2,1-2H3;1H/t10-,13-;/m0./s1. The molecule has 0 bridgehead atoms. The summed E-state index contributed by atoms with van der Waals surface area (Å²) in [4.78, 5) is 1.50. The number of methoxy groups -OCH3 is 1. The molecule has 4 heteroatoms. The predicted molar refractivity (Wildman–Crippen MR) is 79.4 cm³/mol. The van der Waals surface area contributed by atoms with E-state index in [9.17, 15) is 0 Å². The molecule has 2 nitrogen and oxygen atoms in total.